The van der Waals surface area contributed by atoms with Crippen molar-refractivity contribution >= 4 is 5.96 Å². The molecule has 2 heterocycles. The Labute approximate surface area is 132 Å². The van der Waals surface area contributed by atoms with Crippen molar-refractivity contribution in [2.45, 2.75) is 52.6 Å². The molecule has 0 spiro atoms. The average molecular weight is 308 g/mol. The fraction of sp³-hybridized carbons (Fsp3) is 0.750. The number of nitrogens with zero attached hydrogens (tertiary/aromatic N) is 2. The Bertz CT molecular complexity index is 485. The molecule has 6 heteroatoms. The fourth-order valence-electron chi connectivity index (χ4n) is 2.71. The second kappa shape index (κ2) is 7.63. The van der Waals surface area contributed by atoms with Crippen LogP contribution in [0, 0.1) is 13.8 Å². The molecule has 0 bridgehead atoms. The molecule has 1 aliphatic heterocycles. The zero-order valence-electron chi connectivity index (χ0n) is 14.2. The molecule has 0 aliphatic carbocycles. The molecule has 1 atom stereocenters. The van der Waals surface area contributed by atoms with E-state index >= 15 is 0 Å². The molecule has 1 aromatic rings. The number of rotatable bonds is 6. The smallest absolute Gasteiger partial charge is 0.191 e. The molecule has 0 saturated carbocycles. The number of aryl methyl sites for hydroxylation is 2. The van der Waals surface area contributed by atoms with Crippen LogP contribution in [0.3, 0.4) is 0 Å². The molecule has 22 heavy (non-hydrogen) atoms. The van der Waals surface area contributed by atoms with Crippen LogP contribution in [0.4, 0.5) is 0 Å². The highest BCUT2D eigenvalue weighted by atomic mass is 16.5. The molecular weight excluding hydrogens is 280 g/mol. The molecule has 1 aliphatic rings. The molecule has 1 saturated heterocycles. The van der Waals surface area contributed by atoms with Crippen molar-refractivity contribution in [3.63, 3.8) is 0 Å². The Morgan fingerprint density at radius 1 is 1.36 bits per heavy atom. The number of aliphatic imine (C=N–C) groups is 1. The summed E-state index contributed by atoms with van der Waals surface area (Å²) >= 11 is 0. The predicted molar refractivity (Wildman–Crippen MR) is 87.3 cm³/mol. The molecule has 6 nitrogen and oxygen atoms in total. The maximum absolute atomic E-state index is 5.78. The van der Waals surface area contributed by atoms with E-state index in [4.69, 9.17) is 9.26 Å². The third kappa shape index (κ3) is 4.47. The molecule has 0 amide bonds. The van der Waals surface area contributed by atoms with Gasteiger partial charge in [-0.3, -0.25) is 4.99 Å². The summed E-state index contributed by atoms with van der Waals surface area (Å²) in [6.45, 7) is 11.3. The Morgan fingerprint density at radius 3 is 2.77 bits per heavy atom. The molecule has 1 fully saturated rings. The van der Waals surface area contributed by atoms with Crippen LogP contribution >= 0.6 is 0 Å². The molecular formula is C16H28N4O2. The van der Waals surface area contributed by atoms with Gasteiger partial charge >= 0.3 is 0 Å². The second-order valence-electron chi connectivity index (χ2n) is 6.08. The lowest BCUT2D eigenvalue weighted by Crippen LogP contribution is -2.40. The van der Waals surface area contributed by atoms with E-state index in [-0.39, 0.29) is 5.60 Å². The first-order chi connectivity index (χ1) is 10.5. The van der Waals surface area contributed by atoms with Gasteiger partial charge in [-0.2, -0.15) is 0 Å². The van der Waals surface area contributed by atoms with E-state index in [0.29, 0.717) is 6.54 Å². The highest BCUT2D eigenvalue weighted by Crippen LogP contribution is 2.24. The number of nitrogens with one attached hydrogen (secondary N) is 2. The van der Waals surface area contributed by atoms with Crippen molar-refractivity contribution in [3.05, 3.63) is 17.0 Å². The molecule has 1 aromatic heterocycles. The number of aromatic nitrogens is 1. The summed E-state index contributed by atoms with van der Waals surface area (Å²) in [5, 5.41) is 10.6. The van der Waals surface area contributed by atoms with Gasteiger partial charge in [-0.05, 0) is 47.0 Å². The number of ether oxygens (including phenoxy) is 1. The molecule has 0 radical (unpaired) electrons. The molecule has 2 N–H and O–H groups in total. The minimum absolute atomic E-state index is 0.107. The van der Waals surface area contributed by atoms with Gasteiger partial charge in [-0.1, -0.05) is 5.16 Å². The van der Waals surface area contributed by atoms with Crippen LogP contribution in [0.2, 0.25) is 0 Å². The van der Waals surface area contributed by atoms with Gasteiger partial charge in [0.15, 0.2) is 5.96 Å². The van der Waals surface area contributed by atoms with E-state index in [2.05, 4.69) is 34.6 Å². The Hall–Kier alpha value is -1.56. The van der Waals surface area contributed by atoms with Gasteiger partial charge in [-0.25, -0.2) is 0 Å². The first-order valence-corrected chi connectivity index (χ1v) is 8.12. The normalized spacial score (nSPS) is 22.1. The standard InChI is InChI=1S/C16H28N4O2/c1-5-17-15(19-11-16(4)8-6-10-21-16)18-9-7-14-12(2)20-22-13(14)3/h5-11H2,1-4H3,(H2,17,18,19). The maximum atomic E-state index is 5.78. The second-order valence-corrected chi connectivity index (χ2v) is 6.08. The van der Waals surface area contributed by atoms with Gasteiger partial charge < -0.3 is 19.9 Å². The zero-order valence-corrected chi connectivity index (χ0v) is 14.2. The van der Waals surface area contributed by atoms with Gasteiger partial charge in [-0.15, -0.1) is 0 Å². The van der Waals surface area contributed by atoms with Crippen LogP contribution in [0.1, 0.15) is 43.7 Å². The topological polar surface area (TPSA) is 71.7 Å². The van der Waals surface area contributed by atoms with Crippen LogP contribution in [-0.2, 0) is 11.2 Å². The van der Waals surface area contributed by atoms with Crippen molar-refractivity contribution in [1.29, 1.82) is 0 Å². The first kappa shape index (κ1) is 16.8. The predicted octanol–water partition coefficient (Wildman–Crippen LogP) is 1.96. The van der Waals surface area contributed by atoms with Crippen molar-refractivity contribution < 1.29 is 9.26 Å². The summed E-state index contributed by atoms with van der Waals surface area (Å²) in [4.78, 5) is 4.66. The minimum Gasteiger partial charge on any atom is -0.373 e. The third-order valence-corrected chi connectivity index (χ3v) is 4.06. The van der Waals surface area contributed by atoms with Crippen LogP contribution in [0.5, 0.6) is 0 Å². The largest absolute Gasteiger partial charge is 0.373 e. The minimum atomic E-state index is -0.107. The summed E-state index contributed by atoms with van der Waals surface area (Å²) < 4.78 is 11.0. The monoisotopic (exact) mass is 308 g/mol. The maximum Gasteiger partial charge on any atom is 0.191 e. The summed E-state index contributed by atoms with van der Waals surface area (Å²) in [5.41, 5.74) is 2.03. The van der Waals surface area contributed by atoms with E-state index in [1.54, 1.807) is 0 Å². The van der Waals surface area contributed by atoms with Crippen molar-refractivity contribution in [1.82, 2.24) is 15.8 Å². The lowest BCUT2D eigenvalue weighted by atomic mass is 10.0. The molecule has 0 aromatic carbocycles. The Morgan fingerprint density at radius 2 is 2.18 bits per heavy atom. The summed E-state index contributed by atoms with van der Waals surface area (Å²) in [6.07, 6.45) is 3.08. The van der Waals surface area contributed by atoms with Crippen LogP contribution < -0.4 is 10.6 Å². The van der Waals surface area contributed by atoms with E-state index in [9.17, 15) is 0 Å². The highest BCUT2D eigenvalue weighted by molar-refractivity contribution is 5.79. The van der Waals surface area contributed by atoms with Gasteiger partial charge in [0.05, 0.1) is 17.8 Å². The quantitative estimate of drug-likeness (QED) is 0.621. The van der Waals surface area contributed by atoms with Crippen molar-refractivity contribution in [3.8, 4) is 0 Å². The third-order valence-electron chi connectivity index (χ3n) is 4.06. The molecule has 1 unspecified atom stereocenters. The van der Waals surface area contributed by atoms with E-state index in [1.807, 2.05) is 13.8 Å². The van der Waals surface area contributed by atoms with Crippen LogP contribution in [0.25, 0.3) is 0 Å². The van der Waals surface area contributed by atoms with Crippen molar-refractivity contribution in [2.24, 2.45) is 4.99 Å². The van der Waals surface area contributed by atoms with Gasteiger partial charge in [0.2, 0.25) is 0 Å². The van der Waals surface area contributed by atoms with Gasteiger partial charge in [0.1, 0.15) is 5.76 Å². The van der Waals surface area contributed by atoms with E-state index in [1.165, 1.54) is 5.56 Å². The number of hydrogen-bond acceptors (Lipinski definition) is 4. The van der Waals surface area contributed by atoms with Crippen molar-refractivity contribution in [2.75, 3.05) is 26.2 Å². The lowest BCUT2D eigenvalue weighted by Gasteiger charge is -2.21. The Kier molecular flexibility index (Phi) is 5.83. The summed E-state index contributed by atoms with van der Waals surface area (Å²) in [5.74, 6) is 1.74. The summed E-state index contributed by atoms with van der Waals surface area (Å²) in [7, 11) is 0. The fourth-order valence-corrected chi connectivity index (χ4v) is 2.71. The Balaban J connectivity index is 1.86. The lowest BCUT2D eigenvalue weighted by molar-refractivity contribution is 0.0283. The van der Waals surface area contributed by atoms with E-state index in [0.717, 1.165) is 56.4 Å². The molecule has 124 valence electrons. The van der Waals surface area contributed by atoms with Gasteiger partial charge in [0.25, 0.3) is 0 Å². The van der Waals surface area contributed by atoms with Gasteiger partial charge in [0, 0.05) is 25.3 Å². The summed E-state index contributed by atoms with van der Waals surface area (Å²) in [6, 6.07) is 0. The van der Waals surface area contributed by atoms with Crippen LogP contribution in [0.15, 0.2) is 9.52 Å². The van der Waals surface area contributed by atoms with Crippen LogP contribution in [-0.4, -0.2) is 43.0 Å². The highest BCUT2D eigenvalue weighted by Gasteiger charge is 2.29. The van der Waals surface area contributed by atoms with E-state index < -0.39 is 0 Å². The first-order valence-electron chi connectivity index (χ1n) is 8.12. The number of hydrogen-bond donors (Lipinski definition) is 2. The SMILES string of the molecule is CCNC(=NCC1(C)CCCO1)NCCc1c(C)noc1C. The number of guanidine groups is 1. The zero-order chi connectivity index (χ0) is 16.0. The average Bonchev–Trinajstić information content (AvgIpc) is 3.05. The molecule has 2 rings (SSSR count).